The molecule has 1 aliphatic rings. The number of hydrogen-bond acceptors (Lipinski definition) is 10. The largest absolute Gasteiger partial charge is 0.466 e. The van der Waals surface area contributed by atoms with Crippen molar-refractivity contribution in [2.24, 2.45) is 10.7 Å². The van der Waals surface area contributed by atoms with Crippen LogP contribution in [-0.4, -0.2) is 85.8 Å². The van der Waals surface area contributed by atoms with Gasteiger partial charge in [0.05, 0.1) is 38.5 Å². The normalized spacial score (nSPS) is 14.6. The minimum absolute atomic E-state index is 0.0819. The number of rotatable bonds is 12. The van der Waals surface area contributed by atoms with Crippen LogP contribution in [0.15, 0.2) is 34.6 Å². The first-order valence-corrected chi connectivity index (χ1v) is 14.1. The molecule has 1 aliphatic heterocycles. The SMILES string of the molecule is CCOC(=O)CCN(c1nc(-c2ccc(/C(N)=N/C(=O)OCC)cc2)cs1)C1CCN(CC(=O)OCC)CC1. The fourth-order valence-electron chi connectivity index (χ4n) is 4.32. The molecule has 1 fully saturated rings. The van der Waals surface area contributed by atoms with E-state index in [1.165, 1.54) is 11.3 Å². The predicted octanol–water partition coefficient (Wildman–Crippen LogP) is 3.46. The fourth-order valence-corrected chi connectivity index (χ4v) is 5.25. The molecule has 0 saturated carbocycles. The highest BCUT2D eigenvalue weighted by atomic mass is 32.1. The lowest BCUT2D eigenvalue weighted by atomic mass is 10.0. The maximum atomic E-state index is 12.1. The van der Waals surface area contributed by atoms with E-state index in [1.54, 1.807) is 32.9 Å². The molecule has 0 atom stereocenters. The summed E-state index contributed by atoms with van der Waals surface area (Å²) in [5.41, 5.74) is 8.22. The zero-order valence-corrected chi connectivity index (χ0v) is 23.6. The van der Waals surface area contributed by atoms with Crippen molar-refractivity contribution in [3.63, 3.8) is 0 Å². The van der Waals surface area contributed by atoms with Gasteiger partial charge in [0.15, 0.2) is 5.13 Å². The van der Waals surface area contributed by atoms with E-state index < -0.39 is 6.09 Å². The Morgan fingerprint density at radius 3 is 2.31 bits per heavy atom. The van der Waals surface area contributed by atoms with Gasteiger partial charge in [-0.2, -0.15) is 4.99 Å². The quantitative estimate of drug-likeness (QED) is 0.178. The Morgan fingerprint density at radius 2 is 1.67 bits per heavy atom. The Hall–Kier alpha value is -3.51. The fraction of sp³-hybridized carbons (Fsp3) is 0.519. The van der Waals surface area contributed by atoms with Gasteiger partial charge in [0.1, 0.15) is 5.84 Å². The maximum absolute atomic E-state index is 12.1. The highest BCUT2D eigenvalue weighted by molar-refractivity contribution is 7.14. The van der Waals surface area contributed by atoms with Gasteiger partial charge < -0.3 is 24.8 Å². The van der Waals surface area contributed by atoms with Gasteiger partial charge in [0, 0.05) is 42.2 Å². The summed E-state index contributed by atoms with van der Waals surface area (Å²) in [4.78, 5) is 48.5. The first-order valence-electron chi connectivity index (χ1n) is 13.2. The molecule has 0 bridgehead atoms. The Kier molecular flexibility index (Phi) is 11.7. The third-order valence-electron chi connectivity index (χ3n) is 6.21. The number of aromatic nitrogens is 1. The van der Waals surface area contributed by atoms with E-state index in [1.807, 2.05) is 17.5 Å². The van der Waals surface area contributed by atoms with Crippen molar-refractivity contribution >= 4 is 40.3 Å². The highest BCUT2D eigenvalue weighted by Gasteiger charge is 2.28. The molecule has 39 heavy (non-hydrogen) atoms. The number of carbonyl (C=O) groups is 3. The van der Waals surface area contributed by atoms with Gasteiger partial charge in [-0.3, -0.25) is 14.5 Å². The second-order valence-corrected chi connectivity index (χ2v) is 9.69. The number of thiazole rings is 1. The molecule has 212 valence electrons. The standard InChI is InChI=1S/C27H37N5O6S/c1-4-36-23(33)13-16-32(21-11-14-31(15-12-21)17-24(34)37-5-2)26-29-22(18-39-26)19-7-9-20(10-8-19)25(28)30-27(35)38-6-3/h7-10,18,21H,4-6,11-17H2,1-3H3,(H2,28,30,35). The molecular weight excluding hydrogens is 522 g/mol. The first-order chi connectivity index (χ1) is 18.8. The number of amidine groups is 1. The van der Waals surface area contributed by atoms with Gasteiger partial charge in [-0.25, -0.2) is 9.78 Å². The van der Waals surface area contributed by atoms with Crippen molar-refractivity contribution in [1.29, 1.82) is 0 Å². The molecule has 0 unspecified atom stereocenters. The lowest BCUT2D eigenvalue weighted by molar-refractivity contribution is -0.145. The van der Waals surface area contributed by atoms with Crippen molar-refractivity contribution in [2.45, 2.75) is 46.1 Å². The second kappa shape index (κ2) is 15.2. The van der Waals surface area contributed by atoms with Crippen LogP contribution >= 0.6 is 11.3 Å². The molecule has 2 aromatic rings. The van der Waals surface area contributed by atoms with Gasteiger partial charge in [0.25, 0.3) is 0 Å². The van der Waals surface area contributed by atoms with Crippen molar-refractivity contribution in [3.05, 3.63) is 35.2 Å². The van der Waals surface area contributed by atoms with Gasteiger partial charge in [-0.1, -0.05) is 24.3 Å². The van der Waals surface area contributed by atoms with Gasteiger partial charge in [-0.15, -0.1) is 11.3 Å². The van der Waals surface area contributed by atoms with Crippen molar-refractivity contribution in [2.75, 3.05) is 50.9 Å². The smallest absolute Gasteiger partial charge is 0.435 e. The Morgan fingerprint density at radius 1 is 1.03 bits per heavy atom. The highest BCUT2D eigenvalue weighted by Crippen LogP contribution is 2.31. The summed E-state index contributed by atoms with van der Waals surface area (Å²) in [5, 5.41) is 2.80. The first kappa shape index (κ1) is 30.0. The van der Waals surface area contributed by atoms with Crippen LogP contribution in [0.4, 0.5) is 9.93 Å². The molecule has 1 amide bonds. The molecule has 1 saturated heterocycles. The van der Waals surface area contributed by atoms with Crippen molar-refractivity contribution in [3.8, 4) is 11.3 Å². The number of benzene rings is 1. The zero-order valence-electron chi connectivity index (χ0n) is 22.8. The number of hydrogen-bond donors (Lipinski definition) is 1. The third kappa shape index (κ3) is 9.03. The van der Waals surface area contributed by atoms with E-state index in [0.29, 0.717) is 25.3 Å². The molecular formula is C27H37N5O6S. The number of piperidine rings is 1. The molecule has 11 nitrogen and oxygen atoms in total. The summed E-state index contributed by atoms with van der Waals surface area (Å²) in [6, 6.07) is 7.49. The number of nitrogens with two attached hydrogens (primary N) is 1. The van der Waals surface area contributed by atoms with E-state index in [-0.39, 0.29) is 43.4 Å². The average molecular weight is 560 g/mol. The van der Waals surface area contributed by atoms with Crippen LogP contribution in [0.2, 0.25) is 0 Å². The van der Waals surface area contributed by atoms with Crippen LogP contribution in [0.5, 0.6) is 0 Å². The molecule has 0 radical (unpaired) electrons. The number of esters is 2. The van der Waals surface area contributed by atoms with E-state index in [4.69, 9.17) is 24.9 Å². The van der Waals surface area contributed by atoms with E-state index in [2.05, 4.69) is 14.8 Å². The minimum Gasteiger partial charge on any atom is -0.466 e. The molecule has 3 rings (SSSR count). The topological polar surface area (TPSA) is 137 Å². The van der Waals surface area contributed by atoms with Crippen LogP contribution in [0.1, 0.15) is 45.6 Å². The van der Waals surface area contributed by atoms with Crippen LogP contribution < -0.4 is 10.6 Å². The lowest BCUT2D eigenvalue weighted by Crippen LogP contribution is -2.47. The third-order valence-corrected chi connectivity index (χ3v) is 7.09. The Balaban J connectivity index is 1.72. The van der Waals surface area contributed by atoms with Gasteiger partial charge in [-0.05, 0) is 33.6 Å². The van der Waals surface area contributed by atoms with E-state index in [0.717, 1.165) is 42.3 Å². The number of aliphatic imine (C=N–C) groups is 1. The van der Waals surface area contributed by atoms with Crippen LogP contribution in [0, 0.1) is 0 Å². The number of carbonyl (C=O) groups excluding carboxylic acids is 3. The molecule has 0 spiro atoms. The zero-order chi connectivity index (χ0) is 28.2. The van der Waals surface area contributed by atoms with E-state index in [9.17, 15) is 14.4 Å². The number of amides is 1. The Labute approximate surface area is 232 Å². The minimum atomic E-state index is -0.724. The lowest BCUT2D eigenvalue weighted by Gasteiger charge is -2.38. The van der Waals surface area contributed by atoms with Gasteiger partial charge in [0.2, 0.25) is 0 Å². The summed E-state index contributed by atoms with van der Waals surface area (Å²) in [6.07, 6.45) is 1.22. The maximum Gasteiger partial charge on any atom is 0.435 e. The predicted molar refractivity (Wildman–Crippen MR) is 150 cm³/mol. The summed E-state index contributed by atoms with van der Waals surface area (Å²) in [6.45, 7) is 8.54. The average Bonchev–Trinajstić information content (AvgIpc) is 3.40. The monoisotopic (exact) mass is 559 g/mol. The molecule has 2 heterocycles. The summed E-state index contributed by atoms with van der Waals surface area (Å²) in [5.74, 6) is -0.366. The summed E-state index contributed by atoms with van der Waals surface area (Å²) >= 11 is 1.52. The molecule has 1 aromatic carbocycles. The Bertz CT molecular complexity index is 1130. The number of ether oxygens (including phenoxy) is 3. The second-order valence-electron chi connectivity index (χ2n) is 8.85. The number of nitrogens with zero attached hydrogens (tertiary/aromatic N) is 4. The van der Waals surface area contributed by atoms with Gasteiger partial charge >= 0.3 is 18.0 Å². The van der Waals surface area contributed by atoms with Crippen LogP contribution in [0.25, 0.3) is 11.3 Å². The van der Waals surface area contributed by atoms with E-state index >= 15 is 0 Å². The molecule has 0 aliphatic carbocycles. The van der Waals surface area contributed by atoms with Crippen LogP contribution in [-0.2, 0) is 23.8 Å². The molecule has 12 heteroatoms. The molecule has 2 N–H and O–H groups in total. The molecule has 1 aromatic heterocycles. The van der Waals surface area contributed by atoms with Crippen molar-refractivity contribution in [1.82, 2.24) is 9.88 Å². The number of anilines is 1. The van der Waals surface area contributed by atoms with Crippen molar-refractivity contribution < 1.29 is 28.6 Å². The summed E-state index contributed by atoms with van der Waals surface area (Å²) < 4.78 is 15.0. The van der Waals surface area contributed by atoms with Crippen LogP contribution in [0.3, 0.4) is 0 Å². The summed E-state index contributed by atoms with van der Waals surface area (Å²) in [7, 11) is 0. The number of likely N-dealkylation sites (tertiary alicyclic amines) is 1.